The van der Waals surface area contributed by atoms with Crippen molar-refractivity contribution in [3.63, 3.8) is 0 Å². The van der Waals surface area contributed by atoms with E-state index in [1.807, 2.05) is 13.2 Å². The zero-order valence-corrected chi connectivity index (χ0v) is 11.5. The van der Waals surface area contributed by atoms with Crippen LogP contribution in [0.5, 0.6) is 0 Å². The fourth-order valence-corrected chi connectivity index (χ4v) is 2.42. The van der Waals surface area contributed by atoms with Crippen LogP contribution < -0.4 is 5.32 Å². The topological polar surface area (TPSA) is 32.3 Å². The lowest BCUT2D eigenvalue weighted by molar-refractivity contribution is 0.275. The fourth-order valence-electron chi connectivity index (χ4n) is 1.53. The van der Waals surface area contributed by atoms with Crippen molar-refractivity contribution in [1.82, 2.24) is 5.32 Å². The van der Waals surface area contributed by atoms with Crippen LogP contribution in [0.1, 0.15) is 12.5 Å². The van der Waals surface area contributed by atoms with E-state index in [9.17, 15) is 4.39 Å². The van der Waals surface area contributed by atoms with Crippen LogP contribution in [-0.2, 0) is 6.54 Å². The predicted octanol–water partition coefficient (Wildman–Crippen LogP) is 2.68. The van der Waals surface area contributed by atoms with Gasteiger partial charge in [0.2, 0.25) is 0 Å². The van der Waals surface area contributed by atoms with Gasteiger partial charge < -0.3 is 10.4 Å². The van der Waals surface area contributed by atoms with E-state index in [1.54, 1.807) is 23.9 Å². The predicted molar refractivity (Wildman–Crippen MR) is 72.1 cm³/mol. The molecule has 0 aliphatic heterocycles. The summed E-state index contributed by atoms with van der Waals surface area (Å²) in [6, 6.07) is 4.74. The molecule has 1 aromatic rings. The molecule has 2 unspecified atom stereocenters. The van der Waals surface area contributed by atoms with Gasteiger partial charge in [0, 0.05) is 28.4 Å². The summed E-state index contributed by atoms with van der Waals surface area (Å²) in [6.07, 6.45) is 1.94. The number of rotatable bonds is 6. The van der Waals surface area contributed by atoms with E-state index in [2.05, 4.69) is 5.32 Å². The number of aliphatic hydroxyl groups is 1. The number of hydrogen-bond donors (Lipinski definition) is 2. The van der Waals surface area contributed by atoms with Gasteiger partial charge in [-0.2, -0.15) is 11.8 Å². The second-order valence-electron chi connectivity index (χ2n) is 3.83. The molecular weight excluding hydrogens is 261 g/mol. The Labute approximate surface area is 111 Å². The monoisotopic (exact) mass is 277 g/mol. The third kappa shape index (κ3) is 4.14. The molecule has 0 saturated heterocycles. The van der Waals surface area contributed by atoms with Crippen LogP contribution >= 0.6 is 23.4 Å². The molecule has 0 heterocycles. The van der Waals surface area contributed by atoms with Crippen molar-refractivity contribution in [3.8, 4) is 0 Å². The summed E-state index contributed by atoms with van der Waals surface area (Å²) >= 11 is 7.51. The first-order valence-corrected chi connectivity index (χ1v) is 7.06. The molecular formula is C12H17ClFNOS. The van der Waals surface area contributed by atoms with E-state index in [-0.39, 0.29) is 23.7 Å². The maximum atomic E-state index is 13.5. The molecule has 2 atom stereocenters. The van der Waals surface area contributed by atoms with Gasteiger partial charge in [-0.15, -0.1) is 0 Å². The molecule has 0 radical (unpaired) electrons. The van der Waals surface area contributed by atoms with E-state index in [4.69, 9.17) is 16.7 Å². The van der Waals surface area contributed by atoms with E-state index < -0.39 is 0 Å². The van der Waals surface area contributed by atoms with Crippen LogP contribution in [0.2, 0.25) is 5.02 Å². The number of hydrogen-bond acceptors (Lipinski definition) is 3. The smallest absolute Gasteiger partial charge is 0.129 e. The number of benzene rings is 1. The third-order valence-electron chi connectivity index (χ3n) is 2.70. The van der Waals surface area contributed by atoms with Crippen molar-refractivity contribution in [2.45, 2.75) is 24.8 Å². The molecule has 0 aromatic heterocycles. The molecule has 1 rings (SSSR count). The van der Waals surface area contributed by atoms with E-state index in [1.165, 1.54) is 6.07 Å². The molecule has 0 spiro atoms. The minimum Gasteiger partial charge on any atom is -0.395 e. The van der Waals surface area contributed by atoms with Crippen LogP contribution in [0.4, 0.5) is 4.39 Å². The zero-order chi connectivity index (χ0) is 12.8. The fraction of sp³-hybridized carbons (Fsp3) is 0.500. The highest BCUT2D eigenvalue weighted by atomic mass is 35.5. The molecule has 0 aliphatic carbocycles. The maximum Gasteiger partial charge on any atom is 0.129 e. The lowest BCUT2D eigenvalue weighted by atomic mass is 10.2. The first kappa shape index (κ1) is 14.8. The van der Waals surface area contributed by atoms with Crippen molar-refractivity contribution in [3.05, 3.63) is 34.6 Å². The van der Waals surface area contributed by atoms with E-state index in [0.717, 1.165) is 0 Å². The van der Waals surface area contributed by atoms with Gasteiger partial charge in [0.15, 0.2) is 0 Å². The Morgan fingerprint density at radius 1 is 1.53 bits per heavy atom. The SMILES string of the molecule is CSC(CO)C(C)NCc1c(F)cccc1Cl. The second kappa shape index (κ2) is 7.21. The summed E-state index contributed by atoms with van der Waals surface area (Å²) in [5, 5.41) is 12.8. The molecule has 0 amide bonds. The lowest BCUT2D eigenvalue weighted by Crippen LogP contribution is -2.37. The molecule has 96 valence electrons. The second-order valence-corrected chi connectivity index (χ2v) is 5.31. The van der Waals surface area contributed by atoms with Gasteiger partial charge in [0.25, 0.3) is 0 Å². The average Bonchev–Trinajstić information content (AvgIpc) is 2.30. The summed E-state index contributed by atoms with van der Waals surface area (Å²) in [4.78, 5) is 0. The highest BCUT2D eigenvalue weighted by Crippen LogP contribution is 2.19. The number of halogens is 2. The summed E-state index contributed by atoms with van der Waals surface area (Å²) in [7, 11) is 0. The quantitative estimate of drug-likeness (QED) is 0.839. The summed E-state index contributed by atoms with van der Waals surface area (Å²) < 4.78 is 13.5. The number of nitrogens with one attached hydrogen (secondary N) is 1. The largest absolute Gasteiger partial charge is 0.395 e. The highest BCUT2D eigenvalue weighted by Gasteiger charge is 2.15. The maximum absolute atomic E-state index is 13.5. The molecule has 5 heteroatoms. The van der Waals surface area contributed by atoms with Gasteiger partial charge in [-0.25, -0.2) is 4.39 Å². The Balaban J connectivity index is 2.61. The molecule has 2 N–H and O–H groups in total. The van der Waals surface area contributed by atoms with Crippen LogP contribution in [-0.4, -0.2) is 29.3 Å². The standard InChI is InChI=1S/C12H17ClFNOS/c1-8(12(7-16)17-2)15-6-9-10(13)4-3-5-11(9)14/h3-5,8,12,15-16H,6-7H2,1-2H3. The van der Waals surface area contributed by atoms with Crippen molar-refractivity contribution < 1.29 is 9.50 Å². The molecule has 2 nitrogen and oxygen atoms in total. The van der Waals surface area contributed by atoms with Crippen molar-refractivity contribution in [2.75, 3.05) is 12.9 Å². The first-order chi connectivity index (χ1) is 8.10. The van der Waals surface area contributed by atoms with Crippen molar-refractivity contribution in [2.24, 2.45) is 0 Å². The first-order valence-electron chi connectivity index (χ1n) is 5.40. The van der Waals surface area contributed by atoms with Crippen LogP contribution in [0.15, 0.2) is 18.2 Å². The van der Waals surface area contributed by atoms with Crippen LogP contribution in [0.25, 0.3) is 0 Å². The van der Waals surface area contributed by atoms with Crippen LogP contribution in [0, 0.1) is 5.82 Å². The van der Waals surface area contributed by atoms with E-state index >= 15 is 0 Å². The Morgan fingerprint density at radius 3 is 2.76 bits per heavy atom. The molecule has 0 bridgehead atoms. The van der Waals surface area contributed by atoms with E-state index in [0.29, 0.717) is 17.1 Å². The summed E-state index contributed by atoms with van der Waals surface area (Å²) in [5.74, 6) is -0.304. The normalized spacial score (nSPS) is 14.6. The highest BCUT2D eigenvalue weighted by molar-refractivity contribution is 7.99. The Hall–Kier alpha value is -0.290. The lowest BCUT2D eigenvalue weighted by Gasteiger charge is -2.21. The average molecular weight is 278 g/mol. The molecule has 1 aromatic carbocycles. The Kier molecular flexibility index (Phi) is 6.27. The van der Waals surface area contributed by atoms with Gasteiger partial charge in [0.05, 0.1) is 6.61 Å². The van der Waals surface area contributed by atoms with Gasteiger partial charge in [-0.3, -0.25) is 0 Å². The van der Waals surface area contributed by atoms with Gasteiger partial charge in [0.1, 0.15) is 5.82 Å². The van der Waals surface area contributed by atoms with Gasteiger partial charge in [-0.05, 0) is 25.3 Å². The minimum absolute atomic E-state index is 0.0886. The Bertz CT molecular complexity index is 340. The molecule has 17 heavy (non-hydrogen) atoms. The minimum atomic E-state index is -0.304. The summed E-state index contributed by atoms with van der Waals surface area (Å²) in [5.41, 5.74) is 0.471. The van der Waals surface area contributed by atoms with Crippen molar-refractivity contribution >= 4 is 23.4 Å². The number of aliphatic hydroxyl groups excluding tert-OH is 1. The zero-order valence-electron chi connectivity index (χ0n) is 9.91. The molecule has 0 saturated carbocycles. The van der Waals surface area contributed by atoms with Crippen LogP contribution in [0.3, 0.4) is 0 Å². The summed E-state index contributed by atoms with van der Waals surface area (Å²) in [6.45, 7) is 2.43. The number of thioether (sulfide) groups is 1. The Morgan fingerprint density at radius 2 is 2.24 bits per heavy atom. The van der Waals surface area contributed by atoms with Crippen molar-refractivity contribution in [1.29, 1.82) is 0 Å². The molecule has 0 aliphatic rings. The van der Waals surface area contributed by atoms with Gasteiger partial charge in [-0.1, -0.05) is 17.7 Å². The third-order valence-corrected chi connectivity index (χ3v) is 4.22. The van der Waals surface area contributed by atoms with Gasteiger partial charge >= 0.3 is 0 Å². The molecule has 0 fully saturated rings.